The molecule has 2 rings (SSSR count). The molecule has 0 aliphatic rings. The number of carbonyl (C=O) groups is 1. The Kier molecular flexibility index (Phi) is 4.54. The topological polar surface area (TPSA) is 72.2 Å². The fourth-order valence-corrected chi connectivity index (χ4v) is 2.11. The highest BCUT2D eigenvalue weighted by molar-refractivity contribution is 9.10. The van der Waals surface area contributed by atoms with Crippen LogP contribution in [0.5, 0.6) is 0 Å². The summed E-state index contributed by atoms with van der Waals surface area (Å²) in [5, 5.41) is 13.2. The zero-order valence-corrected chi connectivity index (χ0v) is 12.6. The van der Waals surface area contributed by atoms with Gasteiger partial charge in [0.15, 0.2) is 0 Å². The number of rotatable bonds is 3. The molecule has 5 nitrogen and oxygen atoms in total. The Balaban J connectivity index is 2.33. The largest absolute Gasteiger partial charge is 0.320 e. The molecular formula is C13H7BrClFN2O3. The van der Waals surface area contributed by atoms with Crippen LogP contribution in [-0.2, 0) is 0 Å². The van der Waals surface area contributed by atoms with Gasteiger partial charge in [0.1, 0.15) is 5.82 Å². The zero-order chi connectivity index (χ0) is 15.6. The van der Waals surface area contributed by atoms with Gasteiger partial charge in [0.2, 0.25) is 0 Å². The van der Waals surface area contributed by atoms with Gasteiger partial charge in [0.05, 0.1) is 21.2 Å². The number of hydrogen-bond donors (Lipinski definition) is 1. The first-order chi connectivity index (χ1) is 9.88. The van der Waals surface area contributed by atoms with Crippen molar-refractivity contribution in [1.82, 2.24) is 0 Å². The van der Waals surface area contributed by atoms with Crippen molar-refractivity contribution in [2.45, 2.75) is 0 Å². The average molecular weight is 374 g/mol. The summed E-state index contributed by atoms with van der Waals surface area (Å²) in [5.41, 5.74) is -0.397. The molecule has 0 bridgehead atoms. The summed E-state index contributed by atoms with van der Waals surface area (Å²) in [6, 6.07) is 7.48. The van der Waals surface area contributed by atoms with Crippen LogP contribution in [0.25, 0.3) is 0 Å². The molecule has 1 N–H and O–H groups in total. The number of anilines is 1. The number of benzene rings is 2. The van der Waals surface area contributed by atoms with E-state index in [0.717, 1.165) is 12.1 Å². The molecule has 0 saturated carbocycles. The van der Waals surface area contributed by atoms with Crippen molar-refractivity contribution in [2.24, 2.45) is 0 Å². The smallest absolute Gasteiger partial charge is 0.271 e. The van der Waals surface area contributed by atoms with Crippen LogP contribution in [0.15, 0.2) is 40.9 Å². The first-order valence-corrected chi connectivity index (χ1v) is 6.76. The first-order valence-electron chi connectivity index (χ1n) is 5.59. The molecule has 0 saturated heterocycles. The maximum absolute atomic E-state index is 13.6. The summed E-state index contributed by atoms with van der Waals surface area (Å²) in [6.07, 6.45) is 0. The van der Waals surface area contributed by atoms with E-state index in [-0.39, 0.29) is 22.0 Å². The lowest BCUT2D eigenvalue weighted by Crippen LogP contribution is -2.14. The van der Waals surface area contributed by atoms with E-state index in [4.69, 9.17) is 11.6 Å². The molecule has 0 spiro atoms. The molecule has 2 aromatic carbocycles. The van der Waals surface area contributed by atoms with E-state index in [1.54, 1.807) is 0 Å². The highest BCUT2D eigenvalue weighted by Gasteiger charge is 2.16. The SMILES string of the molecule is O=C(Nc1cc([N+](=O)[O-])ccc1Cl)c1cc(Br)ccc1F. The Morgan fingerprint density at radius 2 is 2.00 bits per heavy atom. The van der Waals surface area contributed by atoms with Gasteiger partial charge in [-0.25, -0.2) is 4.39 Å². The van der Waals surface area contributed by atoms with E-state index in [9.17, 15) is 19.3 Å². The summed E-state index contributed by atoms with van der Waals surface area (Å²) in [4.78, 5) is 22.1. The number of nitrogens with zero attached hydrogens (tertiary/aromatic N) is 1. The highest BCUT2D eigenvalue weighted by atomic mass is 79.9. The van der Waals surface area contributed by atoms with Crippen molar-refractivity contribution in [1.29, 1.82) is 0 Å². The second-order valence-corrected chi connectivity index (χ2v) is 5.32. The Morgan fingerprint density at radius 1 is 1.29 bits per heavy atom. The first kappa shape index (κ1) is 15.4. The van der Waals surface area contributed by atoms with Crippen molar-refractivity contribution in [2.75, 3.05) is 5.32 Å². The third kappa shape index (κ3) is 3.56. The van der Waals surface area contributed by atoms with Gasteiger partial charge in [-0.2, -0.15) is 0 Å². The average Bonchev–Trinajstić information content (AvgIpc) is 2.43. The normalized spacial score (nSPS) is 10.2. The number of carbonyl (C=O) groups excluding carboxylic acids is 1. The van der Waals surface area contributed by atoms with Crippen molar-refractivity contribution in [3.8, 4) is 0 Å². The molecule has 0 unspecified atom stereocenters. The van der Waals surface area contributed by atoms with E-state index < -0.39 is 16.6 Å². The number of nitro groups is 1. The monoisotopic (exact) mass is 372 g/mol. The van der Waals surface area contributed by atoms with Crippen LogP contribution in [0.2, 0.25) is 5.02 Å². The quantitative estimate of drug-likeness (QED) is 0.640. The van der Waals surface area contributed by atoms with Crippen molar-refractivity contribution < 1.29 is 14.1 Å². The van der Waals surface area contributed by atoms with Gasteiger partial charge in [-0.3, -0.25) is 14.9 Å². The molecule has 0 radical (unpaired) electrons. The number of amides is 1. The lowest BCUT2D eigenvalue weighted by Gasteiger charge is -2.08. The van der Waals surface area contributed by atoms with Gasteiger partial charge in [-0.05, 0) is 24.3 Å². The molecule has 21 heavy (non-hydrogen) atoms. The Morgan fingerprint density at radius 3 is 2.67 bits per heavy atom. The number of nitro benzene ring substituents is 1. The lowest BCUT2D eigenvalue weighted by atomic mass is 10.2. The zero-order valence-electron chi connectivity index (χ0n) is 10.3. The van der Waals surface area contributed by atoms with Crippen molar-refractivity contribution in [3.05, 3.63) is 67.4 Å². The van der Waals surface area contributed by atoms with Gasteiger partial charge < -0.3 is 5.32 Å². The fraction of sp³-hybridized carbons (Fsp3) is 0. The second-order valence-electron chi connectivity index (χ2n) is 4.00. The molecule has 0 aliphatic carbocycles. The molecule has 0 aliphatic heterocycles. The van der Waals surface area contributed by atoms with Crippen LogP contribution >= 0.6 is 27.5 Å². The van der Waals surface area contributed by atoms with E-state index in [1.165, 1.54) is 24.3 Å². The third-order valence-electron chi connectivity index (χ3n) is 2.58. The Bertz CT molecular complexity index is 739. The molecule has 0 aromatic heterocycles. The van der Waals surface area contributed by atoms with Crippen molar-refractivity contribution in [3.63, 3.8) is 0 Å². The van der Waals surface area contributed by atoms with Crippen LogP contribution in [0.4, 0.5) is 15.8 Å². The predicted molar refractivity (Wildman–Crippen MR) is 80.2 cm³/mol. The van der Waals surface area contributed by atoms with E-state index in [0.29, 0.717) is 4.47 Å². The van der Waals surface area contributed by atoms with Crippen LogP contribution < -0.4 is 5.32 Å². The number of halogens is 3. The summed E-state index contributed by atoms with van der Waals surface area (Å²) in [5.74, 6) is -1.46. The molecular weight excluding hydrogens is 367 g/mol. The van der Waals surface area contributed by atoms with Gasteiger partial charge in [-0.15, -0.1) is 0 Å². The number of hydrogen-bond acceptors (Lipinski definition) is 3. The van der Waals surface area contributed by atoms with E-state index in [1.807, 2.05) is 0 Å². The number of nitrogens with one attached hydrogen (secondary N) is 1. The molecule has 108 valence electrons. The number of non-ortho nitro benzene ring substituents is 1. The van der Waals surface area contributed by atoms with Crippen LogP contribution in [0.3, 0.4) is 0 Å². The summed E-state index contributed by atoms with van der Waals surface area (Å²) in [7, 11) is 0. The molecule has 8 heteroatoms. The van der Waals surface area contributed by atoms with Crippen LogP contribution in [0, 0.1) is 15.9 Å². The minimum absolute atomic E-state index is 0.0373. The molecule has 0 atom stereocenters. The highest BCUT2D eigenvalue weighted by Crippen LogP contribution is 2.27. The summed E-state index contributed by atoms with van der Waals surface area (Å²) in [6.45, 7) is 0. The van der Waals surface area contributed by atoms with Crippen LogP contribution in [-0.4, -0.2) is 10.8 Å². The van der Waals surface area contributed by atoms with Gasteiger partial charge in [0, 0.05) is 16.6 Å². The van der Waals surface area contributed by atoms with Gasteiger partial charge in [-0.1, -0.05) is 27.5 Å². The fourth-order valence-electron chi connectivity index (χ4n) is 1.58. The maximum Gasteiger partial charge on any atom is 0.271 e. The second kappa shape index (κ2) is 6.19. The van der Waals surface area contributed by atoms with E-state index >= 15 is 0 Å². The van der Waals surface area contributed by atoms with Crippen molar-refractivity contribution >= 4 is 44.8 Å². The maximum atomic E-state index is 13.6. The Labute approximate surface area is 132 Å². The minimum atomic E-state index is -0.754. The molecule has 2 aromatic rings. The van der Waals surface area contributed by atoms with Gasteiger partial charge in [0.25, 0.3) is 11.6 Å². The molecule has 0 fully saturated rings. The minimum Gasteiger partial charge on any atom is -0.320 e. The lowest BCUT2D eigenvalue weighted by molar-refractivity contribution is -0.384. The standard InChI is InChI=1S/C13H7BrClFN2O3/c14-7-1-4-11(16)9(5-7)13(19)17-12-6-8(18(20)21)2-3-10(12)15/h1-6H,(H,17,19). The van der Waals surface area contributed by atoms with Gasteiger partial charge >= 0.3 is 0 Å². The molecule has 0 heterocycles. The summed E-state index contributed by atoms with van der Waals surface area (Å²) < 4.78 is 14.1. The predicted octanol–water partition coefficient (Wildman–Crippen LogP) is 4.40. The molecule has 1 amide bonds. The Hall–Kier alpha value is -1.99. The van der Waals surface area contributed by atoms with E-state index in [2.05, 4.69) is 21.2 Å². The third-order valence-corrected chi connectivity index (χ3v) is 3.40. The summed E-state index contributed by atoms with van der Waals surface area (Å²) >= 11 is 9.00. The van der Waals surface area contributed by atoms with Crippen LogP contribution in [0.1, 0.15) is 10.4 Å².